The first kappa shape index (κ1) is 31.3. The minimum atomic E-state index is -1.25. The third kappa shape index (κ3) is 5.47. The number of Topliss-reactive ketones (excluding diaryl/α,β-unsaturated/α-hetero) is 1. The van der Waals surface area contributed by atoms with E-state index in [1.54, 1.807) is 4.90 Å². The summed E-state index contributed by atoms with van der Waals surface area (Å²) in [5.74, 6) is -3.05. The summed E-state index contributed by atoms with van der Waals surface area (Å²) in [7, 11) is 0. The van der Waals surface area contributed by atoms with Gasteiger partial charge in [-0.2, -0.15) is 0 Å². The third-order valence-corrected chi connectivity index (χ3v) is 10.4. The molecule has 3 aromatic rings. The summed E-state index contributed by atoms with van der Waals surface area (Å²) in [6, 6.07) is 27.3. The smallest absolute Gasteiger partial charge is 0.334 e. The molecule has 0 saturated carbocycles. The molecule has 0 N–H and O–H groups in total. The van der Waals surface area contributed by atoms with Crippen LogP contribution in [0.25, 0.3) is 0 Å². The Balaban J connectivity index is 1.41. The number of rotatable bonds is 11. The fourth-order valence-corrected chi connectivity index (χ4v) is 8.41. The molecule has 2 aliphatic rings. The van der Waals surface area contributed by atoms with E-state index in [-0.39, 0.29) is 30.3 Å². The summed E-state index contributed by atoms with van der Waals surface area (Å²) in [5, 5.41) is -0.535. The molecule has 2 unspecified atom stereocenters. The van der Waals surface area contributed by atoms with E-state index < -0.39 is 45.5 Å². The SMILES string of the molecule is C=C(C(=O)OCc1ccccc1)C(C(C)=O)C1(CC)C(=O)N2[C@@H](C(=O)OC(c3ccccc3)c3ccccc3)C(C)(C)S[C@@H]21. The number of amides is 1. The van der Waals surface area contributed by atoms with E-state index in [1.807, 2.05) is 112 Å². The molecule has 2 fully saturated rings. The Hall–Kier alpha value is -4.17. The molecule has 2 saturated heterocycles. The molecule has 4 atom stereocenters. The second-order valence-electron chi connectivity index (χ2n) is 11.9. The average molecular weight is 612 g/mol. The number of hydrogen-bond acceptors (Lipinski definition) is 7. The van der Waals surface area contributed by atoms with Crippen LogP contribution in [0.5, 0.6) is 0 Å². The molecule has 0 aromatic heterocycles. The van der Waals surface area contributed by atoms with Gasteiger partial charge in [-0.3, -0.25) is 9.59 Å². The lowest BCUT2D eigenvalue weighted by molar-refractivity contribution is -0.183. The summed E-state index contributed by atoms with van der Waals surface area (Å²) in [4.78, 5) is 56.2. The molecule has 0 bridgehead atoms. The number of carbonyl (C=O) groups excluding carboxylic acids is 4. The van der Waals surface area contributed by atoms with Gasteiger partial charge in [-0.1, -0.05) is 104 Å². The standard InChI is InChI=1S/C36H37NO6S/c1-6-36(28(24(3)38)23(2)31(39)42-22-25-16-10-7-11-17-25)33(41)37-30(35(4,5)44-34(36)37)32(40)43-29(26-18-12-8-13-19-26)27-20-14-9-15-21-27/h7-21,28-30,34H,2,6,22H2,1,3-5H3/t28?,30-,34+,36?/m0/s1. The lowest BCUT2D eigenvalue weighted by Crippen LogP contribution is -2.72. The highest BCUT2D eigenvalue weighted by atomic mass is 32.2. The van der Waals surface area contributed by atoms with Crippen LogP contribution >= 0.6 is 11.8 Å². The van der Waals surface area contributed by atoms with Crippen molar-refractivity contribution < 1.29 is 28.7 Å². The largest absolute Gasteiger partial charge is 0.457 e. The third-order valence-electron chi connectivity index (χ3n) is 8.67. The molecule has 0 aliphatic carbocycles. The van der Waals surface area contributed by atoms with Crippen molar-refractivity contribution in [3.63, 3.8) is 0 Å². The van der Waals surface area contributed by atoms with Crippen LogP contribution in [-0.4, -0.2) is 44.7 Å². The van der Waals surface area contributed by atoms with Crippen LogP contribution in [0.1, 0.15) is 56.9 Å². The van der Waals surface area contributed by atoms with Crippen LogP contribution in [-0.2, 0) is 35.3 Å². The molecule has 1 amide bonds. The van der Waals surface area contributed by atoms with E-state index in [0.717, 1.165) is 16.7 Å². The van der Waals surface area contributed by atoms with Gasteiger partial charge in [-0.25, -0.2) is 9.59 Å². The zero-order chi connectivity index (χ0) is 31.6. The van der Waals surface area contributed by atoms with Crippen molar-refractivity contribution in [2.45, 2.75) is 63.0 Å². The Morgan fingerprint density at radius 2 is 1.43 bits per heavy atom. The predicted octanol–water partition coefficient (Wildman–Crippen LogP) is 6.28. The van der Waals surface area contributed by atoms with Gasteiger partial charge in [-0.05, 0) is 43.9 Å². The predicted molar refractivity (Wildman–Crippen MR) is 169 cm³/mol. The number of carbonyl (C=O) groups is 4. The van der Waals surface area contributed by atoms with E-state index >= 15 is 0 Å². The Labute approximate surface area is 262 Å². The van der Waals surface area contributed by atoms with Gasteiger partial charge >= 0.3 is 11.9 Å². The molecule has 0 radical (unpaired) electrons. The quantitative estimate of drug-likeness (QED) is 0.143. The van der Waals surface area contributed by atoms with E-state index in [0.29, 0.717) is 0 Å². The summed E-state index contributed by atoms with van der Waals surface area (Å²) in [6.07, 6.45) is -0.384. The number of hydrogen-bond donors (Lipinski definition) is 0. The number of benzene rings is 3. The first-order chi connectivity index (χ1) is 21.0. The number of β-lactam (4-membered cyclic amide) rings is 1. The van der Waals surface area contributed by atoms with Crippen LogP contribution in [0.3, 0.4) is 0 Å². The number of fused-ring (bicyclic) bond motifs is 1. The highest BCUT2D eigenvalue weighted by molar-refractivity contribution is 8.01. The van der Waals surface area contributed by atoms with Crippen LogP contribution in [0.15, 0.2) is 103 Å². The van der Waals surface area contributed by atoms with Crippen LogP contribution in [0.4, 0.5) is 0 Å². The van der Waals surface area contributed by atoms with Gasteiger partial charge in [0.1, 0.15) is 18.4 Å². The maximum Gasteiger partial charge on any atom is 0.334 e. The summed E-state index contributed by atoms with van der Waals surface area (Å²) < 4.78 is 11.0. The number of thioether (sulfide) groups is 1. The topological polar surface area (TPSA) is 90.0 Å². The van der Waals surface area contributed by atoms with Crippen molar-refractivity contribution in [1.82, 2.24) is 4.90 Å². The van der Waals surface area contributed by atoms with Crippen LogP contribution in [0, 0.1) is 11.3 Å². The van der Waals surface area contributed by atoms with Crippen molar-refractivity contribution in [3.05, 3.63) is 120 Å². The second kappa shape index (κ2) is 12.4. The molecule has 2 heterocycles. The number of nitrogens with zero attached hydrogens (tertiary/aromatic N) is 1. The Kier molecular flexibility index (Phi) is 8.84. The lowest BCUT2D eigenvalue weighted by atomic mass is 9.62. The van der Waals surface area contributed by atoms with Crippen molar-refractivity contribution in [2.24, 2.45) is 11.3 Å². The fraction of sp³-hybridized carbons (Fsp3) is 0.333. The van der Waals surface area contributed by atoms with Crippen LogP contribution < -0.4 is 0 Å². The first-order valence-electron chi connectivity index (χ1n) is 14.7. The molecular weight excluding hydrogens is 574 g/mol. The van der Waals surface area contributed by atoms with Crippen LogP contribution in [0.2, 0.25) is 0 Å². The number of ketones is 1. The normalized spacial score (nSPS) is 22.5. The molecule has 7 nitrogen and oxygen atoms in total. The maximum atomic E-state index is 14.2. The van der Waals surface area contributed by atoms with Gasteiger partial charge in [0.2, 0.25) is 5.91 Å². The Morgan fingerprint density at radius 1 is 0.909 bits per heavy atom. The minimum Gasteiger partial charge on any atom is -0.457 e. The van der Waals surface area contributed by atoms with Crippen molar-refractivity contribution in [2.75, 3.05) is 0 Å². The Morgan fingerprint density at radius 3 is 1.93 bits per heavy atom. The summed E-state index contributed by atoms with van der Waals surface area (Å²) in [6.45, 7) is 11.0. The molecule has 8 heteroatoms. The summed E-state index contributed by atoms with van der Waals surface area (Å²) in [5.41, 5.74) is 1.12. The molecule has 3 aromatic carbocycles. The highest BCUT2D eigenvalue weighted by Gasteiger charge is 2.74. The van der Waals surface area contributed by atoms with Gasteiger partial charge < -0.3 is 14.4 Å². The van der Waals surface area contributed by atoms with E-state index in [2.05, 4.69) is 6.58 Å². The van der Waals surface area contributed by atoms with E-state index in [1.165, 1.54) is 18.7 Å². The summed E-state index contributed by atoms with van der Waals surface area (Å²) >= 11 is 1.45. The van der Waals surface area contributed by atoms with Gasteiger partial charge in [0.05, 0.1) is 16.7 Å². The number of ether oxygens (including phenoxy) is 2. The van der Waals surface area contributed by atoms with Gasteiger partial charge in [0, 0.05) is 10.3 Å². The Bertz CT molecular complexity index is 1520. The fourth-order valence-electron chi connectivity index (χ4n) is 6.55. The highest BCUT2D eigenvalue weighted by Crippen LogP contribution is 2.63. The molecule has 5 rings (SSSR count). The second-order valence-corrected chi connectivity index (χ2v) is 13.6. The number of esters is 2. The first-order valence-corrected chi connectivity index (χ1v) is 15.6. The average Bonchev–Trinajstić information content (AvgIpc) is 3.30. The van der Waals surface area contributed by atoms with Gasteiger partial charge in [0.15, 0.2) is 6.10 Å². The minimum absolute atomic E-state index is 0.0195. The van der Waals surface area contributed by atoms with E-state index in [4.69, 9.17) is 9.47 Å². The lowest BCUT2D eigenvalue weighted by Gasteiger charge is -2.56. The van der Waals surface area contributed by atoms with E-state index in [9.17, 15) is 19.2 Å². The van der Waals surface area contributed by atoms with Gasteiger partial charge in [0.25, 0.3) is 0 Å². The molecule has 2 aliphatic heterocycles. The zero-order valence-electron chi connectivity index (χ0n) is 25.4. The molecular formula is C36H37NO6S. The zero-order valence-corrected chi connectivity index (χ0v) is 26.2. The van der Waals surface area contributed by atoms with Crippen molar-refractivity contribution in [3.8, 4) is 0 Å². The monoisotopic (exact) mass is 611 g/mol. The van der Waals surface area contributed by atoms with Gasteiger partial charge in [-0.15, -0.1) is 11.8 Å². The molecule has 44 heavy (non-hydrogen) atoms. The molecule has 0 spiro atoms. The van der Waals surface area contributed by atoms with Crippen molar-refractivity contribution in [1.29, 1.82) is 0 Å². The molecule has 228 valence electrons. The van der Waals surface area contributed by atoms with Crippen molar-refractivity contribution >= 4 is 35.4 Å². The maximum absolute atomic E-state index is 14.2.